The minimum Gasteiger partial charge on any atom is -0.489 e. The van der Waals surface area contributed by atoms with E-state index in [1.807, 2.05) is 25.1 Å². The van der Waals surface area contributed by atoms with Crippen LogP contribution < -0.4 is 29.6 Å². The molecule has 12 heteroatoms. The van der Waals surface area contributed by atoms with Crippen LogP contribution in [-0.2, 0) is 4.74 Å². The fourth-order valence-electron chi connectivity index (χ4n) is 5.31. The fourth-order valence-corrected chi connectivity index (χ4v) is 5.61. The summed E-state index contributed by atoms with van der Waals surface area (Å²) in [6.07, 6.45) is 2.42. The molecule has 3 heterocycles. The molecule has 0 aliphatic carbocycles. The van der Waals surface area contributed by atoms with Gasteiger partial charge in [0, 0.05) is 48.7 Å². The van der Waals surface area contributed by atoms with Crippen LogP contribution in [0.15, 0.2) is 60.8 Å². The van der Waals surface area contributed by atoms with Crippen LogP contribution in [0.25, 0.3) is 10.9 Å². The summed E-state index contributed by atoms with van der Waals surface area (Å²) in [5.74, 6) is 1.08. The molecule has 2 aliphatic heterocycles. The Labute approximate surface area is 265 Å². The van der Waals surface area contributed by atoms with Crippen LogP contribution in [-0.4, -0.2) is 68.6 Å². The number of hydrogen-bond acceptors (Lipinski definition) is 8. The third-order valence-electron chi connectivity index (χ3n) is 7.55. The number of fused-ring (bicyclic) bond motifs is 3. The summed E-state index contributed by atoms with van der Waals surface area (Å²) >= 11 is 6.24. The van der Waals surface area contributed by atoms with Gasteiger partial charge in [0.2, 0.25) is 5.75 Å². The number of nitrogens with zero attached hydrogens (tertiary/aromatic N) is 2. The van der Waals surface area contributed by atoms with Gasteiger partial charge in [-0.15, -0.1) is 0 Å². The molecule has 4 aromatic rings. The predicted octanol–water partition coefficient (Wildman–Crippen LogP) is 6.57. The van der Waals surface area contributed by atoms with Crippen molar-refractivity contribution in [3.8, 4) is 28.7 Å². The molecule has 0 bridgehead atoms. The number of nitrogens with one attached hydrogen (secondary N) is 2. The average molecular weight is 637 g/mol. The predicted molar refractivity (Wildman–Crippen MR) is 169 cm³/mol. The number of morpholine rings is 1. The molecule has 236 valence electrons. The number of carbonyl (C=O) groups excluding carboxylic acids is 1. The standard InChI is InChI=1S/C33H34ClFN4O6/c1-21(23-5-2-3-6-24(23)34)37-33(40)38-22-7-8-27(25(35)19-22)45-28-9-10-36-26-20-29(31-32(30(26)28)44-18-17-43-31)42-14-4-11-39-12-15-41-16-13-39/h2-3,5-10,19-21H,4,11-18H2,1H3,(H2,37,38,40). The van der Waals surface area contributed by atoms with Crippen LogP contribution in [0.5, 0.6) is 28.7 Å². The van der Waals surface area contributed by atoms with Gasteiger partial charge in [-0.05, 0) is 43.2 Å². The first kappa shape index (κ1) is 30.7. The molecule has 2 aliphatic rings. The number of carbonyl (C=O) groups is 1. The minimum atomic E-state index is -0.664. The van der Waals surface area contributed by atoms with Crippen molar-refractivity contribution >= 4 is 34.2 Å². The lowest BCUT2D eigenvalue weighted by atomic mass is 10.1. The first-order valence-corrected chi connectivity index (χ1v) is 15.3. The number of benzene rings is 3. The molecule has 1 aromatic heterocycles. The molecule has 0 radical (unpaired) electrons. The van der Waals surface area contributed by atoms with Crippen LogP contribution in [0, 0.1) is 5.82 Å². The molecular formula is C33H34ClFN4O6. The molecule has 1 saturated heterocycles. The lowest BCUT2D eigenvalue weighted by Crippen LogP contribution is -2.37. The van der Waals surface area contributed by atoms with Crippen molar-refractivity contribution in [2.75, 3.05) is 58.0 Å². The van der Waals surface area contributed by atoms with Gasteiger partial charge in [0.25, 0.3) is 0 Å². The van der Waals surface area contributed by atoms with Gasteiger partial charge in [-0.25, -0.2) is 9.18 Å². The number of hydrogen-bond donors (Lipinski definition) is 2. The maximum absolute atomic E-state index is 15.3. The van der Waals surface area contributed by atoms with E-state index in [9.17, 15) is 4.79 Å². The highest BCUT2D eigenvalue weighted by molar-refractivity contribution is 6.31. The van der Waals surface area contributed by atoms with E-state index in [2.05, 4.69) is 20.5 Å². The Morgan fingerprint density at radius 1 is 1.02 bits per heavy atom. The number of amides is 2. The molecule has 10 nitrogen and oxygen atoms in total. The lowest BCUT2D eigenvalue weighted by molar-refractivity contribution is 0.0357. The fraction of sp³-hybridized carbons (Fsp3) is 0.333. The Morgan fingerprint density at radius 2 is 1.82 bits per heavy atom. The van der Waals surface area contributed by atoms with Crippen LogP contribution in [0.4, 0.5) is 14.9 Å². The highest BCUT2D eigenvalue weighted by Crippen LogP contribution is 2.48. The molecule has 1 fully saturated rings. The molecule has 6 rings (SSSR count). The Balaban J connectivity index is 1.15. The summed E-state index contributed by atoms with van der Waals surface area (Å²) in [5.41, 5.74) is 1.59. The van der Waals surface area contributed by atoms with Crippen molar-refractivity contribution in [2.24, 2.45) is 0 Å². The number of ether oxygens (including phenoxy) is 5. The third kappa shape index (κ3) is 7.33. The van der Waals surface area contributed by atoms with E-state index in [-0.39, 0.29) is 17.5 Å². The van der Waals surface area contributed by atoms with Crippen molar-refractivity contribution in [1.29, 1.82) is 0 Å². The van der Waals surface area contributed by atoms with E-state index < -0.39 is 11.8 Å². The van der Waals surface area contributed by atoms with Gasteiger partial charge in [-0.1, -0.05) is 29.8 Å². The lowest BCUT2D eigenvalue weighted by Gasteiger charge is -2.26. The van der Waals surface area contributed by atoms with Crippen molar-refractivity contribution in [1.82, 2.24) is 15.2 Å². The maximum Gasteiger partial charge on any atom is 0.319 e. The average Bonchev–Trinajstić information content (AvgIpc) is 3.05. The summed E-state index contributed by atoms with van der Waals surface area (Å²) in [7, 11) is 0. The minimum absolute atomic E-state index is 0.0354. The zero-order valence-corrected chi connectivity index (χ0v) is 25.6. The Kier molecular flexibility index (Phi) is 9.68. The molecule has 2 N–H and O–H groups in total. The van der Waals surface area contributed by atoms with Crippen LogP contribution in [0.2, 0.25) is 5.02 Å². The third-order valence-corrected chi connectivity index (χ3v) is 7.90. The van der Waals surface area contributed by atoms with Crippen LogP contribution >= 0.6 is 11.6 Å². The second-order valence-electron chi connectivity index (χ2n) is 10.7. The molecule has 0 saturated carbocycles. The number of anilines is 1. The second kappa shape index (κ2) is 14.2. The van der Waals surface area contributed by atoms with Crippen molar-refractivity contribution in [2.45, 2.75) is 19.4 Å². The number of halogens is 2. The highest BCUT2D eigenvalue weighted by Gasteiger charge is 2.25. The molecule has 1 unspecified atom stereocenters. The number of aromatic nitrogens is 1. The molecule has 45 heavy (non-hydrogen) atoms. The van der Waals surface area contributed by atoms with Gasteiger partial charge in [-0.2, -0.15) is 0 Å². The van der Waals surface area contributed by atoms with Crippen molar-refractivity contribution < 1.29 is 32.9 Å². The van der Waals surface area contributed by atoms with E-state index in [0.29, 0.717) is 58.7 Å². The molecule has 3 aromatic carbocycles. The number of pyridine rings is 1. The second-order valence-corrected chi connectivity index (χ2v) is 11.1. The Morgan fingerprint density at radius 3 is 2.62 bits per heavy atom. The SMILES string of the molecule is CC(NC(=O)Nc1ccc(Oc2ccnc3cc(OCCCN4CCOCC4)c4c(c23)OCCO4)c(F)c1)c1ccccc1Cl. The van der Waals surface area contributed by atoms with Gasteiger partial charge in [-0.3, -0.25) is 9.88 Å². The molecule has 1 atom stereocenters. The smallest absolute Gasteiger partial charge is 0.319 e. The first-order valence-electron chi connectivity index (χ1n) is 14.9. The summed E-state index contributed by atoms with van der Waals surface area (Å²) in [6.45, 7) is 7.29. The number of rotatable bonds is 10. The van der Waals surface area contributed by atoms with E-state index in [4.69, 9.17) is 35.3 Å². The van der Waals surface area contributed by atoms with Crippen LogP contribution in [0.1, 0.15) is 24.9 Å². The largest absolute Gasteiger partial charge is 0.489 e. The van der Waals surface area contributed by atoms with E-state index >= 15 is 4.39 Å². The zero-order valence-electron chi connectivity index (χ0n) is 24.8. The molecule has 0 spiro atoms. The van der Waals surface area contributed by atoms with E-state index in [1.54, 1.807) is 30.5 Å². The summed E-state index contributed by atoms with van der Waals surface area (Å²) < 4.78 is 44.8. The van der Waals surface area contributed by atoms with E-state index in [1.165, 1.54) is 12.1 Å². The Hall–Kier alpha value is -4.32. The first-order chi connectivity index (χ1) is 22.0. The topological polar surface area (TPSA) is 103 Å². The van der Waals surface area contributed by atoms with E-state index in [0.717, 1.165) is 44.8 Å². The van der Waals surface area contributed by atoms with Crippen molar-refractivity contribution in [3.05, 3.63) is 77.2 Å². The summed E-state index contributed by atoms with van der Waals surface area (Å²) in [5, 5.41) is 6.55. The quantitative estimate of drug-likeness (QED) is 0.188. The van der Waals surface area contributed by atoms with Gasteiger partial charge >= 0.3 is 6.03 Å². The molecular weight excluding hydrogens is 603 g/mol. The van der Waals surface area contributed by atoms with Crippen LogP contribution in [0.3, 0.4) is 0 Å². The van der Waals surface area contributed by atoms with Gasteiger partial charge < -0.3 is 34.3 Å². The zero-order chi connectivity index (χ0) is 31.2. The van der Waals surface area contributed by atoms with Gasteiger partial charge in [0.05, 0.1) is 36.8 Å². The Bertz CT molecular complexity index is 1670. The summed E-state index contributed by atoms with van der Waals surface area (Å²) in [4.78, 5) is 19.4. The van der Waals surface area contributed by atoms with Crippen molar-refractivity contribution in [3.63, 3.8) is 0 Å². The monoisotopic (exact) mass is 636 g/mol. The normalized spacial score (nSPS) is 15.4. The highest BCUT2D eigenvalue weighted by atomic mass is 35.5. The molecule has 2 amide bonds. The maximum atomic E-state index is 15.3. The summed E-state index contributed by atoms with van der Waals surface area (Å²) in [6, 6.07) is 14.0. The van der Waals surface area contributed by atoms with Gasteiger partial charge in [0.1, 0.15) is 19.0 Å². The van der Waals surface area contributed by atoms with Gasteiger partial charge in [0.15, 0.2) is 23.1 Å². The number of urea groups is 1.